The first-order chi connectivity index (χ1) is 44.3. The summed E-state index contributed by atoms with van der Waals surface area (Å²) in [6.45, 7) is 30.5. The van der Waals surface area contributed by atoms with Crippen LogP contribution in [0.25, 0.3) is 11.3 Å². The number of nitrogens with one attached hydrogen (secondary N) is 5. The van der Waals surface area contributed by atoms with E-state index in [1.165, 1.54) is 121 Å². The standard InChI is InChI=1S/C37H61ClN6O4S.C36H58ClN5O2/c1-8-14-16-17-18-19-20-21-22-31(48-30-25-23-29(24-26-30)43-49(46,47)27-15-9-2)34(45)39-37(12-5,13-6)36(10-3,11-4)35-41-40-33-32(38)28(7)42-44(33)35;1-9-10-11-12-13-14-15-16-17-18-19-20-21-23-28-24-22-25-29(26-28)44-35(5,6)33(43)38-36(7,8)34(3,4)32-40-39-31-30(37)27(2)41-42(31)32/h23-26,31,42-43H,8-22,27H2,1-7H3,(H,39,45);22,24-26,41H,9-21,23H2,1-8H3,(H,38,43). The van der Waals surface area contributed by atoms with E-state index in [4.69, 9.17) is 32.7 Å². The zero-order valence-electron chi connectivity index (χ0n) is 59.7. The number of fused-ring (bicyclic) bond motifs is 2. The molecule has 0 aliphatic rings. The lowest BCUT2D eigenvalue weighted by molar-refractivity contribution is -0.136. The first-order valence-electron chi connectivity index (χ1n) is 35.7. The maximum Gasteiger partial charge on any atom is 0.264 e. The van der Waals surface area contributed by atoms with Crippen molar-refractivity contribution in [3.05, 3.63) is 87.2 Å². The number of amides is 2. The minimum Gasteiger partial charge on any atom is -0.481 e. The zero-order valence-corrected chi connectivity index (χ0v) is 62.0. The number of aromatic amines is 2. The highest BCUT2D eigenvalue weighted by Gasteiger charge is 2.53. The molecule has 1 atom stereocenters. The number of unbranched alkanes of at least 4 members (excludes halogenated alkanes) is 20. The molecule has 2 amide bonds. The third-order valence-corrected chi connectivity index (χ3v) is 22.1. The van der Waals surface area contributed by atoms with E-state index in [1.807, 2.05) is 79.0 Å². The molecule has 1 unspecified atom stereocenters. The predicted molar refractivity (Wildman–Crippen MR) is 384 cm³/mol. The van der Waals surface area contributed by atoms with Gasteiger partial charge < -0.3 is 20.1 Å². The number of carbonyl (C=O) groups excluding carboxylic acids is 2. The molecule has 0 fully saturated rings. The van der Waals surface area contributed by atoms with Crippen molar-refractivity contribution in [1.82, 2.24) is 50.3 Å². The topological polar surface area (TPSA) is 215 Å². The Balaban J connectivity index is 0.000000339. The number of H-pyrrole nitrogens is 2. The molecule has 5 N–H and O–H groups in total. The van der Waals surface area contributed by atoms with Crippen molar-refractivity contribution in [2.24, 2.45) is 0 Å². The van der Waals surface area contributed by atoms with Crippen LogP contribution in [-0.2, 0) is 36.9 Å². The number of carbonyl (C=O) groups is 2. The molecule has 4 heterocycles. The van der Waals surface area contributed by atoms with E-state index in [-0.39, 0.29) is 17.6 Å². The van der Waals surface area contributed by atoms with Crippen molar-refractivity contribution in [3.8, 4) is 11.5 Å². The predicted octanol–water partition coefficient (Wildman–Crippen LogP) is 19.0. The molecule has 17 nitrogen and oxygen atoms in total. The Morgan fingerprint density at radius 1 is 0.570 bits per heavy atom. The van der Waals surface area contributed by atoms with Crippen molar-refractivity contribution in [1.29, 1.82) is 0 Å². The van der Waals surface area contributed by atoms with Gasteiger partial charge in [-0.05, 0) is 141 Å². The lowest BCUT2D eigenvalue weighted by Gasteiger charge is -2.49. The quantitative estimate of drug-likeness (QED) is 0.0228. The smallest absolute Gasteiger partial charge is 0.264 e. The van der Waals surface area contributed by atoms with Gasteiger partial charge in [-0.2, -0.15) is 0 Å². The summed E-state index contributed by atoms with van der Waals surface area (Å²) >= 11 is 13.0. The molecule has 0 aliphatic carbocycles. The third kappa shape index (κ3) is 21.3. The number of nitrogens with zero attached hydrogens (tertiary/aromatic N) is 6. The maximum atomic E-state index is 14.4. The summed E-state index contributed by atoms with van der Waals surface area (Å²) < 4.78 is 43.9. The van der Waals surface area contributed by atoms with E-state index in [2.05, 4.69) is 99.6 Å². The van der Waals surface area contributed by atoms with Gasteiger partial charge in [-0.25, -0.2) is 17.4 Å². The summed E-state index contributed by atoms with van der Waals surface area (Å²) in [4.78, 5) is 28.1. The molecule has 4 aromatic heterocycles. The highest BCUT2D eigenvalue weighted by atomic mass is 35.5. The molecule has 0 spiro atoms. The van der Waals surface area contributed by atoms with Gasteiger partial charge in [0.15, 0.2) is 34.6 Å². The molecule has 93 heavy (non-hydrogen) atoms. The number of rotatable bonds is 44. The van der Waals surface area contributed by atoms with Crippen LogP contribution < -0.4 is 24.8 Å². The van der Waals surface area contributed by atoms with Crippen LogP contribution >= 0.6 is 23.2 Å². The molecule has 2 aromatic carbocycles. The number of aryl methyl sites for hydroxylation is 3. The molecule has 522 valence electrons. The minimum atomic E-state index is -3.43. The number of ether oxygens (including phenoxy) is 2. The van der Waals surface area contributed by atoms with Crippen LogP contribution in [0.2, 0.25) is 10.0 Å². The molecule has 0 aliphatic heterocycles. The van der Waals surface area contributed by atoms with Crippen LogP contribution in [0.1, 0.15) is 298 Å². The number of aromatic nitrogens is 8. The molecular formula is C73H119Cl2N11O6S. The lowest BCUT2D eigenvalue weighted by atomic mass is 9.62. The fourth-order valence-corrected chi connectivity index (χ4v) is 14.5. The number of sulfonamides is 1. The Labute approximate surface area is 569 Å². The summed E-state index contributed by atoms with van der Waals surface area (Å²) in [5.41, 5.74) is 0.969. The second-order valence-corrected chi connectivity index (χ2v) is 30.3. The Morgan fingerprint density at radius 2 is 1.04 bits per heavy atom. The Morgan fingerprint density at radius 3 is 1.54 bits per heavy atom. The molecular weight excluding hydrogens is 1230 g/mol. The van der Waals surface area contributed by atoms with Gasteiger partial charge in [-0.3, -0.25) is 24.5 Å². The summed E-state index contributed by atoms with van der Waals surface area (Å²) in [6.07, 6.45) is 31.9. The van der Waals surface area contributed by atoms with Crippen LogP contribution in [-0.4, -0.2) is 88.4 Å². The normalized spacial score (nSPS) is 12.9. The molecule has 0 radical (unpaired) electrons. The molecule has 0 saturated carbocycles. The van der Waals surface area contributed by atoms with Crippen molar-refractivity contribution < 1.29 is 27.5 Å². The summed E-state index contributed by atoms with van der Waals surface area (Å²) in [5.74, 6) is 2.39. The number of hydrogen-bond donors (Lipinski definition) is 5. The fourth-order valence-electron chi connectivity index (χ4n) is 12.9. The van der Waals surface area contributed by atoms with E-state index in [1.54, 1.807) is 28.8 Å². The number of hydrogen-bond acceptors (Lipinski definition) is 10. The van der Waals surface area contributed by atoms with Crippen molar-refractivity contribution >= 4 is 62.0 Å². The minimum absolute atomic E-state index is 0.0764. The Hall–Kier alpha value is -5.33. The van der Waals surface area contributed by atoms with Gasteiger partial charge >= 0.3 is 0 Å². The zero-order chi connectivity index (χ0) is 68.5. The van der Waals surface area contributed by atoms with Crippen molar-refractivity contribution in [2.75, 3.05) is 10.5 Å². The average Bonchev–Trinajstić information content (AvgIpc) is 1.67. The second-order valence-electron chi connectivity index (χ2n) is 27.7. The van der Waals surface area contributed by atoms with Gasteiger partial charge in [0, 0.05) is 16.6 Å². The SMILES string of the molecule is CCCCCCCCCCC(Oc1ccc(NS(=O)(=O)CCCC)cc1)C(=O)NC(CC)(CC)C(CC)(CC)c1nnc2c(Cl)c(C)[nH]n12.CCCCCCCCCCCCCCCc1cccc(OC(C)(C)C(=O)NC(C)(C)C(C)(C)c2nnc3c(Cl)c(C)[nH]n23)c1. The van der Waals surface area contributed by atoms with Gasteiger partial charge in [-0.15, -0.1) is 20.4 Å². The highest BCUT2D eigenvalue weighted by molar-refractivity contribution is 7.92. The monoisotopic (exact) mass is 1350 g/mol. The van der Waals surface area contributed by atoms with Gasteiger partial charge in [0.2, 0.25) is 10.0 Å². The molecule has 6 rings (SSSR count). The average molecular weight is 1350 g/mol. The lowest BCUT2D eigenvalue weighted by Crippen LogP contribution is -2.64. The first-order valence-corrected chi connectivity index (χ1v) is 38.1. The van der Waals surface area contributed by atoms with E-state index in [0.29, 0.717) is 70.0 Å². The maximum absolute atomic E-state index is 14.4. The second kappa shape index (κ2) is 37.3. The van der Waals surface area contributed by atoms with Gasteiger partial charge in [-0.1, -0.05) is 226 Å². The van der Waals surface area contributed by atoms with Crippen LogP contribution in [0.4, 0.5) is 5.69 Å². The highest BCUT2D eigenvalue weighted by Crippen LogP contribution is 2.46. The fraction of sp³-hybridized carbons (Fsp3) is 0.699. The molecule has 0 saturated heterocycles. The van der Waals surface area contributed by atoms with Gasteiger partial charge in [0.05, 0.1) is 28.1 Å². The van der Waals surface area contributed by atoms with Crippen LogP contribution in [0.5, 0.6) is 11.5 Å². The summed E-state index contributed by atoms with van der Waals surface area (Å²) in [6, 6.07) is 15.0. The van der Waals surface area contributed by atoms with Crippen LogP contribution in [0.3, 0.4) is 0 Å². The third-order valence-electron chi connectivity index (χ3n) is 19.8. The van der Waals surface area contributed by atoms with Crippen molar-refractivity contribution in [3.63, 3.8) is 0 Å². The van der Waals surface area contributed by atoms with E-state index in [0.717, 1.165) is 62.2 Å². The number of halogens is 2. The Kier molecular flexibility index (Phi) is 31.4. The van der Waals surface area contributed by atoms with E-state index >= 15 is 0 Å². The summed E-state index contributed by atoms with van der Waals surface area (Å²) in [5, 5.41) is 32.2. The largest absolute Gasteiger partial charge is 0.481 e. The number of anilines is 1. The molecule has 0 bridgehead atoms. The summed E-state index contributed by atoms with van der Waals surface area (Å²) in [7, 11) is -3.43. The first kappa shape index (κ1) is 78.4. The van der Waals surface area contributed by atoms with E-state index < -0.39 is 43.6 Å². The Bertz CT molecular complexity index is 3300. The van der Waals surface area contributed by atoms with Gasteiger partial charge in [0.1, 0.15) is 21.5 Å². The van der Waals surface area contributed by atoms with Crippen LogP contribution in [0.15, 0.2) is 48.5 Å². The molecule has 20 heteroatoms. The van der Waals surface area contributed by atoms with Crippen molar-refractivity contribution in [2.45, 2.75) is 324 Å². The molecule has 6 aromatic rings. The van der Waals surface area contributed by atoms with Crippen LogP contribution in [0, 0.1) is 13.8 Å². The van der Waals surface area contributed by atoms with E-state index in [9.17, 15) is 18.0 Å². The number of benzene rings is 2. The van der Waals surface area contributed by atoms with Gasteiger partial charge in [0.25, 0.3) is 11.8 Å².